The van der Waals surface area contributed by atoms with E-state index in [9.17, 15) is 13.2 Å². The summed E-state index contributed by atoms with van der Waals surface area (Å²) in [5.74, 6) is -0.446. The first kappa shape index (κ1) is 20.0. The number of nitrogens with one attached hydrogen (secondary N) is 1. The Hall–Kier alpha value is -2.71. The molecule has 7 nitrogen and oxygen atoms in total. The number of rotatable bonds is 7. The molecule has 0 radical (unpaired) electrons. The number of carbonyl (C=O) groups is 1. The van der Waals surface area contributed by atoms with Crippen LogP contribution in [0.25, 0.3) is 5.52 Å². The van der Waals surface area contributed by atoms with Gasteiger partial charge in [0.25, 0.3) is 5.91 Å². The maximum atomic E-state index is 12.8. The molecule has 0 bridgehead atoms. The van der Waals surface area contributed by atoms with Gasteiger partial charge in [0.1, 0.15) is 0 Å². The molecule has 28 heavy (non-hydrogen) atoms. The highest BCUT2D eigenvalue weighted by Gasteiger charge is 2.22. The highest BCUT2D eigenvalue weighted by molar-refractivity contribution is 7.90. The van der Waals surface area contributed by atoms with E-state index >= 15 is 0 Å². The van der Waals surface area contributed by atoms with Crippen molar-refractivity contribution in [3.63, 3.8) is 0 Å². The number of aromatic nitrogens is 2. The fraction of sp³-hybridized carbons (Fsp3) is 0.300. The number of imidazole rings is 1. The summed E-state index contributed by atoms with van der Waals surface area (Å²) in [6.45, 7) is 6.91. The smallest absolute Gasteiger partial charge is 0.276 e. The van der Waals surface area contributed by atoms with Crippen molar-refractivity contribution in [2.75, 3.05) is 24.7 Å². The number of amides is 1. The number of benzene rings is 1. The predicted molar refractivity (Wildman–Crippen MR) is 109 cm³/mol. The summed E-state index contributed by atoms with van der Waals surface area (Å²) in [5.41, 5.74) is 2.26. The van der Waals surface area contributed by atoms with E-state index in [0.717, 1.165) is 31.5 Å². The Labute approximate surface area is 164 Å². The highest BCUT2D eigenvalue weighted by Crippen LogP contribution is 2.19. The third-order valence-electron chi connectivity index (χ3n) is 4.55. The van der Waals surface area contributed by atoms with Gasteiger partial charge < -0.3 is 5.32 Å². The summed E-state index contributed by atoms with van der Waals surface area (Å²) in [6.07, 6.45) is 2.66. The molecule has 3 aromatic rings. The average molecular weight is 401 g/mol. The topological polar surface area (TPSA) is 83.8 Å². The fourth-order valence-corrected chi connectivity index (χ4v) is 3.86. The monoisotopic (exact) mass is 400 g/mol. The lowest BCUT2D eigenvalue weighted by Crippen LogP contribution is -2.22. The molecule has 1 amide bonds. The number of hydrogen-bond acceptors (Lipinski definition) is 5. The first-order valence-electron chi connectivity index (χ1n) is 9.13. The predicted octanol–water partition coefficient (Wildman–Crippen LogP) is 2.83. The van der Waals surface area contributed by atoms with E-state index in [0.29, 0.717) is 11.2 Å². The molecule has 0 aliphatic rings. The lowest BCUT2D eigenvalue weighted by Gasteiger charge is -2.18. The van der Waals surface area contributed by atoms with Crippen LogP contribution in [0.4, 0.5) is 5.69 Å². The third kappa shape index (κ3) is 4.23. The fourth-order valence-electron chi connectivity index (χ4n) is 3.08. The Kier molecular flexibility index (Phi) is 5.81. The van der Waals surface area contributed by atoms with Crippen LogP contribution in [0.15, 0.2) is 53.8 Å². The van der Waals surface area contributed by atoms with E-state index in [2.05, 4.69) is 29.0 Å². The first-order chi connectivity index (χ1) is 13.3. The van der Waals surface area contributed by atoms with Gasteiger partial charge in [-0.05, 0) is 42.9 Å². The molecule has 0 fully saturated rings. The van der Waals surface area contributed by atoms with Gasteiger partial charge in [-0.1, -0.05) is 32.0 Å². The third-order valence-corrected chi connectivity index (χ3v) is 5.50. The second-order valence-electron chi connectivity index (χ2n) is 6.59. The Morgan fingerprint density at radius 3 is 2.57 bits per heavy atom. The number of nitrogens with zero attached hydrogens (tertiary/aromatic N) is 3. The van der Waals surface area contributed by atoms with Crippen LogP contribution in [-0.2, 0) is 16.4 Å². The molecule has 1 N–H and O–H groups in total. The number of pyridine rings is 1. The molecule has 3 rings (SSSR count). The molecule has 0 aliphatic carbocycles. The Morgan fingerprint density at radius 1 is 1.14 bits per heavy atom. The maximum absolute atomic E-state index is 12.8. The van der Waals surface area contributed by atoms with E-state index in [4.69, 9.17) is 0 Å². The van der Waals surface area contributed by atoms with Crippen LogP contribution in [-0.4, -0.2) is 48.0 Å². The highest BCUT2D eigenvalue weighted by atomic mass is 32.2. The number of carbonyl (C=O) groups excluding carboxylic acids is 1. The lowest BCUT2D eigenvalue weighted by molar-refractivity contribution is 0.102. The van der Waals surface area contributed by atoms with E-state index < -0.39 is 15.7 Å². The van der Waals surface area contributed by atoms with Gasteiger partial charge in [-0.2, -0.15) is 0 Å². The summed E-state index contributed by atoms with van der Waals surface area (Å²) in [5, 5.41) is 2.69. The summed E-state index contributed by atoms with van der Waals surface area (Å²) in [4.78, 5) is 19.2. The van der Waals surface area contributed by atoms with E-state index in [1.807, 2.05) is 18.2 Å². The Bertz CT molecular complexity index is 1100. The lowest BCUT2D eigenvalue weighted by atomic mass is 10.2. The molecule has 2 aromatic heterocycles. The van der Waals surface area contributed by atoms with Gasteiger partial charge in [0.2, 0.25) is 15.0 Å². The van der Waals surface area contributed by atoms with Gasteiger partial charge in [-0.3, -0.25) is 14.1 Å². The van der Waals surface area contributed by atoms with Crippen molar-refractivity contribution in [1.29, 1.82) is 0 Å². The molecule has 0 unspecified atom stereocenters. The SMILES string of the molecule is CCN(CC)Cc1cccc(NC(=O)c2nc(S(C)(=O)=O)n3ccccc23)c1. The number of anilines is 1. The molecule has 0 saturated carbocycles. The molecule has 0 spiro atoms. The second-order valence-corrected chi connectivity index (χ2v) is 8.50. The normalized spacial score (nSPS) is 11.9. The summed E-state index contributed by atoms with van der Waals surface area (Å²) in [7, 11) is -3.57. The van der Waals surface area contributed by atoms with Crippen molar-refractivity contribution in [2.24, 2.45) is 0 Å². The van der Waals surface area contributed by atoms with Crippen LogP contribution < -0.4 is 5.32 Å². The Balaban J connectivity index is 1.90. The zero-order valence-electron chi connectivity index (χ0n) is 16.2. The van der Waals surface area contributed by atoms with Crippen LogP contribution in [0, 0.1) is 0 Å². The first-order valence-corrected chi connectivity index (χ1v) is 11.0. The number of fused-ring (bicyclic) bond motifs is 1. The molecule has 148 valence electrons. The summed E-state index contributed by atoms with van der Waals surface area (Å²) < 4.78 is 25.5. The van der Waals surface area contributed by atoms with Crippen LogP contribution in [0.3, 0.4) is 0 Å². The van der Waals surface area contributed by atoms with Crippen LogP contribution >= 0.6 is 0 Å². The van der Waals surface area contributed by atoms with E-state index in [1.165, 1.54) is 4.40 Å². The van der Waals surface area contributed by atoms with Crippen molar-refractivity contribution in [3.05, 3.63) is 59.9 Å². The van der Waals surface area contributed by atoms with Gasteiger partial charge in [0.05, 0.1) is 5.52 Å². The second kappa shape index (κ2) is 8.12. The summed E-state index contributed by atoms with van der Waals surface area (Å²) >= 11 is 0. The minimum Gasteiger partial charge on any atom is -0.321 e. The number of hydrogen-bond donors (Lipinski definition) is 1. The van der Waals surface area contributed by atoms with Crippen LogP contribution in [0.1, 0.15) is 29.9 Å². The van der Waals surface area contributed by atoms with Gasteiger partial charge >= 0.3 is 0 Å². The minimum atomic E-state index is -3.57. The maximum Gasteiger partial charge on any atom is 0.276 e. The molecule has 2 heterocycles. The Morgan fingerprint density at radius 2 is 1.89 bits per heavy atom. The van der Waals surface area contributed by atoms with Gasteiger partial charge in [0.15, 0.2) is 5.69 Å². The van der Waals surface area contributed by atoms with E-state index in [1.54, 1.807) is 30.5 Å². The molecular formula is C20H24N4O3S. The van der Waals surface area contributed by atoms with Crippen molar-refractivity contribution in [3.8, 4) is 0 Å². The zero-order valence-corrected chi connectivity index (χ0v) is 17.0. The van der Waals surface area contributed by atoms with Gasteiger partial charge in [0, 0.05) is 24.7 Å². The average Bonchev–Trinajstić information content (AvgIpc) is 3.06. The summed E-state index contributed by atoms with van der Waals surface area (Å²) in [6, 6.07) is 12.7. The van der Waals surface area contributed by atoms with Crippen molar-refractivity contribution < 1.29 is 13.2 Å². The molecule has 1 aromatic carbocycles. The van der Waals surface area contributed by atoms with Gasteiger partial charge in [-0.15, -0.1) is 0 Å². The molecule has 0 saturated heterocycles. The van der Waals surface area contributed by atoms with Crippen molar-refractivity contribution >= 4 is 26.9 Å². The largest absolute Gasteiger partial charge is 0.321 e. The van der Waals surface area contributed by atoms with Crippen molar-refractivity contribution in [2.45, 2.75) is 25.5 Å². The van der Waals surface area contributed by atoms with Crippen LogP contribution in [0.5, 0.6) is 0 Å². The number of sulfone groups is 1. The molecule has 0 aliphatic heterocycles. The molecular weight excluding hydrogens is 376 g/mol. The van der Waals surface area contributed by atoms with Crippen molar-refractivity contribution in [1.82, 2.24) is 14.3 Å². The molecule has 8 heteroatoms. The van der Waals surface area contributed by atoms with Gasteiger partial charge in [-0.25, -0.2) is 13.4 Å². The van der Waals surface area contributed by atoms with E-state index in [-0.39, 0.29) is 10.9 Å². The zero-order chi connectivity index (χ0) is 20.3. The standard InChI is InChI=1S/C20H24N4O3S/c1-4-23(5-2)14-15-9-8-10-16(13-15)21-19(25)18-17-11-6-7-12-24(17)20(22-18)28(3,26)27/h6-13H,4-5,14H2,1-3H3,(H,21,25). The van der Waals surface area contributed by atoms with Crippen LogP contribution in [0.2, 0.25) is 0 Å². The minimum absolute atomic E-state index is 0.0789. The molecule has 0 atom stereocenters. The quantitative estimate of drug-likeness (QED) is 0.659.